The van der Waals surface area contributed by atoms with E-state index in [1.165, 1.54) is 12.1 Å². The molecule has 33 heavy (non-hydrogen) atoms. The van der Waals surface area contributed by atoms with E-state index in [1.54, 1.807) is 17.9 Å². The highest BCUT2D eigenvalue weighted by Gasteiger charge is 2.29. The summed E-state index contributed by atoms with van der Waals surface area (Å²) in [6, 6.07) is 12.4. The quantitative estimate of drug-likeness (QED) is 0.364. The molecule has 1 amide bonds. The van der Waals surface area contributed by atoms with Crippen molar-refractivity contribution in [2.75, 3.05) is 6.61 Å². The molecule has 9 heteroatoms. The largest absolute Gasteiger partial charge is 0.484 e. The highest BCUT2D eigenvalue weighted by Crippen LogP contribution is 2.27. The second-order valence-corrected chi connectivity index (χ2v) is 8.34. The van der Waals surface area contributed by atoms with Gasteiger partial charge in [0.25, 0.3) is 11.6 Å². The fourth-order valence-corrected chi connectivity index (χ4v) is 4.15. The van der Waals surface area contributed by atoms with E-state index >= 15 is 0 Å². The molecule has 2 aromatic carbocycles. The van der Waals surface area contributed by atoms with Gasteiger partial charge in [-0.2, -0.15) is 4.98 Å². The average molecular weight is 450 g/mol. The molecular formula is C24H26N4O5. The monoisotopic (exact) mass is 450 g/mol. The van der Waals surface area contributed by atoms with Gasteiger partial charge in [-0.1, -0.05) is 41.8 Å². The van der Waals surface area contributed by atoms with Crippen LogP contribution in [-0.2, 0) is 11.3 Å². The molecule has 1 aliphatic rings. The van der Waals surface area contributed by atoms with Crippen molar-refractivity contribution in [3.63, 3.8) is 0 Å². The third-order valence-corrected chi connectivity index (χ3v) is 5.86. The van der Waals surface area contributed by atoms with Gasteiger partial charge in [0.1, 0.15) is 12.3 Å². The first-order valence-corrected chi connectivity index (χ1v) is 11.0. The van der Waals surface area contributed by atoms with Crippen LogP contribution >= 0.6 is 0 Å². The summed E-state index contributed by atoms with van der Waals surface area (Å²) in [4.78, 5) is 29.9. The molecule has 1 saturated carbocycles. The zero-order valence-electron chi connectivity index (χ0n) is 18.7. The molecule has 4 rings (SSSR count). The van der Waals surface area contributed by atoms with E-state index in [0.29, 0.717) is 23.0 Å². The van der Waals surface area contributed by atoms with Gasteiger partial charge in [-0.05, 0) is 44.9 Å². The molecule has 1 aromatic heterocycles. The van der Waals surface area contributed by atoms with Crippen LogP contribution in [0.5, 0.6) is 5.75 Å². The van der Waals surface area contributed by atoms with E-state index in [9.17, 15) is 14.9 Å². The number of carbonyl (C=O) groups excluding carboxylic acids is 1. The topological polar surface area (TPSA) is 112 Å². The molecule has 1 fully saturated rings. The second kappa shape index (κ2) is 9.81. The van der Waals surface area contributed by atoms with Crippen LogP contribution in [-0.4, -0.2) is 38.5 Å². The Balaban J connectivity index is 1.46. The highest BCUT2D eigenvalue weighted by molar-refractivity contribution is 5.78. The number of benzene rings is 2. The molecule has 1 heterocycles. The highest BCUT2D eigenvalue weighted by atomic mass is 16.6. The maximum atomic E-state index is 13.1. The van der Waals surface area contributed by atoms with Crippen molar-refractivity contribution >= 4 is 11.6 Å². The SMILES string of the molecule is Cc1cccc(-c2noc(CN(C(=O)COc3ccc([N+](=O)[O-])c(C)c3)C3CCCC3)n2)c1. The summed E-state index contributed by atoms with van der Waals surface area (Å²) in [7, 11) is 0. The first kappa shape index (κ1) is 22.4. The molecule has 0 unspecified atom stereocenters. The Hall–Kier alpha value is -3.75. The summed E-state index contributed by atoms with van der Waals surface area (Å²) in [6.45, 7) is 3.67. The lowest BCUT2D eigenvalue weighted by atomic mass is 10.1. The number of nitrogens with zero attached hydrogens (tertiary/aromatic N) is 4. The summed E-state index contributed by atoms with van der Waals surface area (Å²) < 4.78 is 11.1. The number of amides is 1. The van der Waals surface area contributed by atoms with Gasteiger partial charge in [0.15, 0.2) is 6.61 Å². The van der Waals surface area contributed by atoms with Gasteiger partial charge in [0.2, 0.25) is 11.7 Å². The Morgan fingerprint density at radius 2 is 2.00 bits per heavy atom. The maximum Gasteiger partial charge on any atom is 0.272 e. The van der Waals surface area contributed by atoms with Crippen molar-refractivity contribution in [3.8, 4) is 17.1 Å². The lowest BCUT2D eigenvalue weighted by Crippen LogP contribution is -2.41. The van der Waals surface area contributed by atoms with Gasteiger partial charge in [-0.3, -0.25) is 14.9 Å². The number of hydrogen-bond acceptors (Lipinski definition) is 7. The number of nitro benzene ring substituents is 1. The lowest BCUT2D eigenvalue weighted by Gasteiger charge is -2.27. The van der Waals surface area contributed by atoms with Crippen molar-refractivity contribution in [1.29, 1.82) is 0 Å². The minimum absolute atomic E-state index is 0.0158. The molecule has 0 spiro atoms. The van der Waals surface area contributed by atoms with E-state index in [1.807, 2.05) is 31.2 Å². The molecule has 9 nitrogen and oxygen atoms in total. The van der Waals surface area contributed by atoms with Gasteiger partial charge in [-0.25, -0.2) is 0 Å². The summed E-state index contributed by atoms with van der Waals surface area (Å²) in [5, 5.41) is 15.1. The van der Waals surface area contributed by atoms with E-state index in [4.69, 9.17) is 9.26 Å². The van der Waals surface area contributed by atoms with Gasteiger partial charge >= 0.3 is 0 Å². The zero-order valence-corrected chi connectivity index (χ0v) is 18.7. The summed E-state index contributed by atoms with van der Waals surface area (Å²) in [5.74, 6) is 1.09. The van der Waals surface area contributed by atoms with Gasteiger partial charge in [-0.15, -0.1) is 0 Å². The number of carbonyl (C=O) groups is 1. The lowest BCUT2D eigenvalue weighted by molar-refractivity contribution is -0.385. The number of rotatable bonds is 8. The Labute approximate surface area is 191 Å². The van der Waals surface area contributed by atoms with E-state index in [0.717, 1.165) is 36.8 Å². The zero-order chi connectivity index (χ0) is 23.4. The van der Waals surface area contributed by atoms with Crippen LogP contribution < -0.4 is 4.74 Å². The Kier molecular flexibility index (Phi) is 6.67. The first-order chi connectivity index (χ1) is 15.9. The Bertz CT molecular complexity index is 1150. The van der Waals surface area contributed by atoms with Crippen LogP contribution in [0, 0.1) is 24.0 Å². The van der Waals surface area contributed by atoms with Crippen LogP contribution in [0.2, 0.25) is 0 Å². The van der Waals surface area contributed by atoms with Crippen molar-refractivity contribution in [2.45, 2.75) is 52.1 Å². The molecule has 0 radical (unpaired) electrons. The third-order valence-electron chi connectivity index (χ3n) is 5.86. The van der Waals surface area contributed by atoms with Gasteiger partial charge in [0.05, 0.1) is 4.92 Å². The molecular weight excluding hydrogens is 424 g/mol. The third kappa shape index (κ3) is 5.36. The van der Waals surface area contributed by atoms with Crippen molar-refractivity contribution < 1.29 is 19.0 Å². The fraction of sp³-hybridized carbons (Fsp3) is 0.375. The first-order valence-electron chi connectivity index (χ1n) is 11.0. The minimum atomic E-state index is -0.443. The number of ether oxygens (including phenoxy) is 1. The predicted octanol–water partition coefficient (Wildman–Crippen LogP) is 4.61. The van der Waals surface area contributed by atoms with Gasteiger partial charge in [0, 0.05) is 23.2 Å². The van der Waals surface area contributed by atoms with Crippen LogP contribution in [0.15, 0.2) is 47.0 Å². The number of nitro groups is 1. The molecule has 1 aliphatic carbocycles. The van der Waals surface area contributed by atoms with E-state index < -0.39 is 4.92 Å². The molecule has 0 N–H and O–H groups in total. The molecule has 0 saturated heterocycles. The van der Waals surface area contributed by atoms with Crippen molar-refractivity contribution in [3.05, 3.63) is 69.6 Å². The molecule has 172 valence electrons. The van der Waals surface area contributed by atoms with Crippen molar-refractivity contribution in [2.24, 2.45) is 0 Å². The average Bonchev–Trinajstić information content (AvgIpc) is 3.48. The minimum Gasteiger partial charge on any atom is -0.484 e. The number of aromatic nitrogens is 2. The molecule has 3 aromatic rings. The summed E-state index contributed by atoms with van der Waals surface area (Å²) in [6.07, 6.45) is 3.97. The van der Waals surface area contributed by atoms with Crippen LogP contribution in [0.3, 0.4) is 0 Å². The van der Waals surface area contributed by atoms with Crippen LogP contribution in [0.4, 0.5) is 5.69 Å². The standard InChI is InChI=1S/C24H26N4O5/c1-16-6-5-7-18(12-16)24-25-22(33-26-24)14-27(19-8-3-4-9-19)23(29)15-32-20-10-11-21(28(30)31)17(2)13-20/h5-7,10-13,19H,3-4,8-9,14-15H2,1-2H3. The van der Waals surface area contributed by atoms with Crippen molar-refractivity contribution in [1.82, 2.24) is 15.0 Å². The van der Waals surface area contributed by atoms with Crippen LogP contribution in [0.25, 0.3) is 11.4 Å². The predicted molar refractivity (Wildman–Crippen MR) is 121 cm³/mol. The summed E-state index contributed by atoms with van der Waals surface area (Å²) >= 11 is 0. The Morgan fingerprint density at radius 3 is 2.70 bits per heavy atom. The Morgan fingerprint density at radius 1 is 1.21 bits per heavy atom. The number of aryl methyl sites for hydroxylation is 2. The second-order valence-electron chi connectivity index (χ2n) is 8.34. The molecule has 0 aliphatic heterocycles. The maximum absolute atomic E-state index is 13.1. The normalized spacial score (nSPS) is 13.8. The van der Waals surface area contributed by atoms with Gasteiger partial charge < -0.3 is 14.2 Å². The number of hydrogen-bond donors (Lipinski definition) is 0. The van der Waals surface area contributed by atoms with Crippen LogP contribution in [0.1, 0.15) is 42.7 Å². The summed E-state index contributed by atoms with van der Waals surface area (Å²) in [5.41, 5.74) is 2.45. The smallest absolute Gasteiger partial charge is 0.272 e. The molecule has 0 atom stereocenters. The van der Waals surface area contributed by atoms with E-state index in [2.05, 4.69) is 10.1 Å². The van der Waals surface area contributed by atoms with E-state index in [-0.39, 0.29) is 30.8 Å². The fourth-order valence-electron chi connectivity index (χ4n) is 4.15. The molecule has 0 bridgehead atoms.